The van der Waals surface area contributed by atoms with Crippen LogP contribution in [0.2, 0.25) is 0 Å². The third-order valence-electron chi connectivity index (χ3n) is 3.51. The zero-order chi connectivity index (χ0) is 9.97. The van der Waals surface area contributed by atoms with Gasteiger partial charge in [0.1, 0.15) is 0 Å². The molecule has 2 unspecified atom stereocenters. The number of hydrogen-bond donors (Lipinski definition) is 2. The minimum Gasteiger partial charge on any atom is -0.368 e. The van der Waals surface area contributed by atoms with Crippen LogP contribution in [0.4, 0.5) is 0 Å². The molecule has 3 N–H and O–H groups in total. The molecule has 0 aromatic carbocycles. The van der Waals surface area contributed by atoms with Crippen molar-refractivity contribution in [1.82, 2.24) is 5.32 Å². The lowest BCUT2D eigenvalue weighted by Crippen LogP contribution is -2.40. The van der Waals surface area contributed by atoms with E-state index in [9.17, 15) is 4.79 Å². The first-order valence-corrected chi connectivity index (χ1v) is 5.78. The van der Waals surface area contributed by atoms with E-state index in [1.54, 1.807) is 0 Å². The van der Waals surface area contributed by atoms with Crippen LogP contribution in [0.1, 0.15) is 38.5 Å². The average molecular weight is 196 g/mol. The van der Waals surface area contributed by atoms with Crippen molar-refractivity contribution in [2.45, 2.75) is 44.6 Å². The summed E-state index contributed by atoms with van der Waals surface area (Å²) in [5, 5.41) is 3.23. The Kier molecular flexibility index (Phi) is 3.06. The van der Waals surface area contributed by atoms with Crippen LogP contribution in [0, 0.1) is 11.8 Å². The Morgan fingerprint density at radius 2 is 1.79 bits per heavy atom. The van der Waals surface area contributed by atoms with Crippen molar-refractivity contribution in [2.24, 2.45) is 17.6 Å². The predicted octanol–water partition coefficient (Wildman–Crippen LogP) is 1.03. The molecule has 3 nitrogen and oxygen atoms in total. The van der Waals surface area contributed by atoms with E-state index in [1.807, 2.05) is 0 Å². The summed E-state index contributed by atoms with van der Waals surface area (Å²) in [6.45, 7) is 0.963. The van der Waals surface area contributed by atoms with Gasteiger partial charge in [-0.2, -0.15) is 0 Å². The van der Waals surface area contributed by atoms with E-state index in [-0.39, 0.29) is 11.9 Å². The molecule has 0 aromatic heterocycles. The molecular formula is C11H20N2O. The number of nitrogens with one attached hydrogen (secondary N) is 1. The molecule has 1 saturated carbocycles. The third-order valence-corrected chi connectivity index (χ3v) is 3.51. The van der Waals surface area contributed by atoms with Crippen molar-refractivity contribution in [1.29, 1.82) is 0 Å². The van der Waals surface area contributed by atoms with Gasteiger partial charge in [0, 0.05) is 0 Å². The van der Waals surface area contributed by atoms with Crippen molar-refractivity contribution in [2.75, 3.05) is 6.54 Å². The number of carbonyl (C=O) groups is 1. The molecule has 2 rings (SSSR count). The molecule has 0 aromatic rings. The first-order chi connectivity index (χ1) is 6.75. The SMILES string of the molecule is NC(=O)C1CCC(CC2CC2)CCN1. The average Bonchev–Trinajstić information content (AvgIpc) is 2.92. The highest BCUT2D eigenvalue weighted by Crippen LogP contribution is 2.38. The Bertz CT molecular complexity index is 213. The van der Waals surface area contributed by atoms with Crippen LogP contribution in [-0.4, -0.2) is 18.5 Å². The molecule has 80 valence electrons. The Morgan fingerprint density at radius 1 is 1.14 bits per heavy atom. The monoisotopic (exact) mass is 196 g/mol. The largest absolute Gasteiger partial charge is 0.368 e. The first-order valence-electron chi connectivity index (χ1n) is 5.78. The fraction of sp³-hybridized carbons (Fsp3) is 0.909. The molecule has 2 fully saturated rings. The van der Waals surface area contributed by atoms with Gasteiger partial charge in [-0.15, -0.1) is 0 Å². The van der Waals surface area contributed by atoms with Gasteiger partial charge in [0.2, 0.25) is 5.91 Å². The molecule has 2 atom stereocenters. The summed E-state index contributed by atoms with van der Waals surface area (Å²) in [5.74, 6) is 1.65. The fourth-order valence-corrected chi connectivity index (χ4v) is 2.41. The molecule has 2 aliphatic rings. The normalized spacial score (nSPS) is 33.7. The lowest BCUT2D eigenvalue weighted by atomic mass is 9.93. The third kappa shape index (κ3) is 2.71. The number of nitrogens with two attached hydrogens (primary N) is 1. The molecule has 1 saturated heterocycles. The second kappa shape index (κ2) is 4.30. The minimum absolute atomic E-state index is 0.0702. The van der Waals surface area contributed by atoms with E-state index >= 15 is 0 Å². The van der Waals surface area contributed by atoms with Gasteiger partial charge in [0.25, 0.3) is 0 Å². The Morgan fingerprint density at radius 3 is 2.43 bits per heavy atom. The van der Waals surface area contributed by atoms with Crippen molar-refractivity contribution < 1.29 is 4.79 Å². The predicted molar refractivity (Wildman–Crippen MR) is 55.7 cm³/mol. The second-order valence-electron chi connectivity index (χ2n) is 4.82. The fourth-order valence-electron chi connectivity index (χ4n) is 2.41. The summed E-state index contributed by atoms with van der Waals surface area (Å²) in [7, 11) is 0. The maximum atomic E-state index is 11.0. The van der Waals surface area contributed by atoms with Crippen LogP contribution in [0.25, 0.3) is 0 Å². The summed E-state index contributed by atoms with van der Waals surface area (Å²) in [6.07, 6.45) is 7.59. The highest BCUT2D eigenvalue weighted by atomic mass is 16.1. The second-order valence-corrected chi connectivity index (χ2v) is 4.82. The van der Waals surface area contributed by atoms with Gasteiger partial charge < -0.3 is 11.1 Å². The number of rotatable bonds is 3. The van der Waals surface area contributed by atoms with Gasteiger partial charge in [-0.1, -0.05) is 12.8 Å². The summed E-state index contributed by atoms with van der Waals surface area (Å²) in [4.78, 5) is 11.0. The molecule has 14 heavy (non-hydrogen) atoms. The molecule has 1 heterocycles. The van der Waals surface area contributed by atoms with E-state index < -0.39 is 0 Å². The summed E-state index contributed by atoms with van der Waals surface area (Å²) in [5.41, 5.74) is 5.29. The van der Waals surface area contributed by atoms with Gasteiger partial charge in [-0.25, -0.2) is 0 Å². The van der Waals surface area contributed by atoms with Crippen molar-refractivity contribution >= 4 is 5.91 Å². The van der Waals surface area contributed by atoms with E-state index in [0.29, 0.717) is 0 Å². The van der Waals surface area contributed by atoms with Crippen molar-refractivity contribution in [3.8, 4) is 0 Å². The number of hydrogen-bond acceptors (Lipinski definition) is 2. The lowest BCUT2D eigenvalue weighted by Gasteiger charge is -2.12. The Labute approximate surface area is 85.4 Å². The highest BCUT2D eigenvalue weighted by Gasteiger charge is 2.28. The Balaban J connectivity index is 1.77. The summed E-state index contributed by atoms with van der Waals surface area (Å²) < 4.78 is 0. The van der Waals surface area contributed by atoms with Crippen LogP contribution in [0.15, 0.2) is 0 Å². The molecule has 1 aliphatic carbocycles. The van der Waals surface area contributed by atoms with E-state index in [4.69, 9.17) is 5.73 Å². The molecule has 0 radical (unpaired) electrons. The molecule has 0 bridgehead atoms. The standard InChI is InChI=1S/C11H20N2O/c12-11(14)10-4-3-9(5-6-13-10)7-8-1-2-8/h8-10,13H,1-7H2,(H2,12,14). The number of primary amides is 1. The molecule has 1 amide bonds. The quantitative estimate of drug-likeness (QED) is 0.708. The molecule has 3 heteroatoms. The molecule has 1 aliphatic heterocycles. The minimum atomic E-state index is -0.183. The summed E-state index contributed by atoms with van der Waals surface area (Å²) in [6, 6.07) is -0.0702. The van der Waals surface area contributed by atoms with Crippen molar-refractivity contribution in [3.63, 3.8) is 0 Å². The van der Waals surface area contributed by atoms with Crippen molar-refractivity contribution in [3.05, 3.63) is 0 Å². The van der Waals surface area contributed by atoms with Gasteiger partial charge in [0.05, 0.1) is 6.04 Å². The van der Waals surface area contributed by atoms with E-state index in [1.165, 1.54) is 32.1 Å². The number of carbonyl (C=O) groups excluding carboxylic acids is 1. The van der Waals surface area contributed by atoms with Crippen LogP contribution in [0.3, 0.4) is 0 Å². The zero-order valence-corrected chi connectivity index (χ0v) is 8.67. The smallest absolute Gasteiger partial charge is 0.234 e. The van der Waals surface area contributed by atoms with E-state index in [2.05, 4.69) is 5.32 Å². The lowest BCUT2D eigenvalue weighted by molar-refractivity contribution is -0.120. The van der Waals surface area contributed by atoms with Crippen LogP contribution in [-0.2, 0) is 4.79 Å². The maximum absolute atomic E-state index is 11.0. The van der Waals surface area contributed by atoms with Gasteiger partial charge in [-0.3, -0.25) is 4.79 Å². The molecule has 0 spiro atoms. The topological polar surface area (TPSA) is 55.1 Å². The zero-order valence-electron chi connectivity index (χ0n) is 8.67. The number of amides is 1. The van der Waals surface area contributed by atoms with Crippen LogP contribution in [0.5, 0.6) is 0 Å². The van der Waals surface area contributed by atoms with Gasteiger partial charge in [0.15, 0.2) is 0 Å². The highest BCUT2D eigenvalue weighted by molar-refractivity contribution is 5.79. The van der Waals surface area contributed by atoms with Gasteiger partial charge in [-0.05, 0) is 44.1 Å². The first kappa shape index (κ1) is 9.97. The van der Waals surface area contributed by atoms with Crippen LogP contribution < -0.4 is 11.1 Å². The molecular weight excluding hydrogens is 176 g/mol. The summed E-state index contributed by atoms with van der Waals surface area (Å²) >= 11 is 0. The maximum Gasteiger partial charge on any atom is 0.234 e. The van der Waals surface area contributed by atoms with Crippen LogP contribution >= 0.6 is 0 Å². The van der Waals surface area contributed by atoms with Gasteiger partial charge >= 0.3 is 0 Å². The van der Waals surface area contributed by atoms with E-state index in [0.717, 1.165) is 24.8 Å². The Hall–Kier alpha value is -0.570.